The monoisotopic (exact) mass is 276 g/mol. The standard InChI is InChI=1S/C16H14F2O2/c1-20-16(19)15-8-7-14(18)10-12(15)6-5-11-3-2-4-13(17)9-11/h2-4,7-10H,5-6H2,1H3. The minimum Gasteiger partial charge on any atom is -0.465 e. The summed E-state index contributed by atoms with van der Waals surface area (Å²) in [5.41, 5.74) is 1.69. The molecule has 0 fully saturated rings. The van der Waals surface area contributed by atoms with Crippen molar-refractivity contribution in [2.75, 3.05) is 7.11 Å². The summed E-state index contributed by atoms with van der Waals surface area (Å²) in [6, 6.07) is 10.1. The van der Waals surface area contributed by atoms with Gasteiger partial charge in [-0.15, -0.1) is 0 Å². The van der Waals surface area contributed by atoms with Crippen LogP contribution in [-0.2, 0) is 17.6 Å². The van der Waals surface area contributed by atoms with Crippen LogP contribution in [0.2, 0.25) is 0 Å². The number of carbonyl (C=O) groups is 1. The molecule has 0 aliphatic carbocycles. The number of ether oxygens (including phenoxy) is 1. The summed E-state index contributed by atoms with van der Waals surface area (Å²) in [5.74, 6) is -1.22. The Morgan fingerprint density at radius 2 is 1.80 bits per heavy atom. The van der Waals surface area contributed by atoms with Gasteiger partial charge in [0, 0.05) is 0 Å². The van der Waals surface area contributed by atoms with Gasteiger partial charge in [-0.25, -0.2) is 13.6 Å². The highest BCUT2D eigenvalue weighted by Crippen LogP contribution is 2.16. The van der Waals surface area contributed by atoms with E-state index in [4.69, 9.17) is 0 Å². The van der Waals surface area contributed by atoms with Crippen molar-refractivity contribution >= 4 is 5.97 Å². The lowest BCUT2D eigenvalue weighted by Crippen LogP contribution is -2.07. The van der Waals surface area contributed by atoms with Crippen molar-refractivity contribution in [2.45, 2.75) is 12.8 Å². The molecule has 2 rings (SSSR count). The van der Waals surface area contributed by atoms with Gasteiger partial charge in [-0.05, 0) is 54.3 Å². The van der Waals surface area contributed by atoms with E-state index in [-0.39, 0.29) is 5.82 Å². The molecule has 0 unspecified atom stereocenters. The average Bonchev–Trinajstić information content (AvgIpc) is 2.44. The zero-order valence-electron chi connectivity index (χ0n) is 11.0. The molecule has 0 aliphatic heterocycles. The molecule has 0 aromatic heterocycles. The first-order valence-electron chi connectivity index (χ1n) is 6.21. The van der Waals surface area contributed by atoms with E-state index in [0.717, 1.165) is 5.56 Å². The van der Waals surface area contributed by atoms with Gasteiger partial charge < -0.3 is 4.74 Å². The van der Waals surface area contributed by atoms with E-state index in [9.17, 15) is 13.6 Å². The summed E-state index contributed by atoms with van der Waals surface area (Å²) in [7, 11) is 1.28. The molecule has 0 atom stereocenters. The first kappa shape index (κ1) is 14.2. The number of rotatable bonds is 4. The van der Waals surface area contributed by atoms with Gasteiger partial charge in [-0.2, -0.15) is 0 Å². The molecule has 2 nitrogen and oxygen atoms in total. The maximum atomic E-state index is 13.3. The summed E-state index contributed by atoms with van der Waals surface area (Å²) >= 11 is 0. The van der Waals surface area contributed by atoms with Gasteiger partial charge in [-0.3, -0.25) is 0 Å². The molecule has 0 radical (unpaired) electrons. The highest BCUT2D eigenvalue weighted by molar-refractivity contribution is 5.91. The number of halogens is 2. The number of hydrogen-bond acceptors (Lipinski definition) is 2. The second kappa shape index (κ2) is 6.28. The highest BCUT2D eigenvalue weighted by atomic mass is 19.1. The summed E-state index contributed by atoms with van der Waals surface area (Å²) in [6.45, 7) is 0. The molecular weight excluding hydrogens is 262 g/mol. The van der Waals surface area contributed by atoms with Crippen molar-refractivity contribution in [3.8, 4) is 0 Å². The van der Waals surface area contributed by atoms with Crippen LogP contribution in [0.3, 0.4) is 0 Å². The lowest BCUT2D eigenvalue weighted by Gasteiger charge is -2.08. The minimum atomic E-state index is -0.501. The highest BCUT2D eigenvalue weighted by Gasteiger charge is 2.12. The van der Waals surface area contributed by atoms with Crippen molar-refractivity contribution in [2.24, 2.45) is 0 Å². The Morgan fingerprint density at radius 3 is 2.50 bits per heavy atom. The molecule has 0 bridgehead atoms. The van der Waals surface area contributed by atoms with E-state index in [0.29, 0.717) is 24.0 Å². The van der Waals surface area contributed by atoms with Crippen LogP contribution in [0.4, 0.5) is 8.78 Å². The van der Waals surface area contributed by atoms with E-state index in [1.165, 1.54) is 37.4 Å². The van der Waals surface area contributed by atoms with E-state index in [1.54, 1.807) is 12.1 Å². The van der Waals surface area contributed by atoms with Crippen LogP contribution >= 0.6 is 0 Å². The van der Waals surface area contributed by atoms with Crippen LogP contribution in [0, 0.1) is 11.6 Å². The van der Waals surface area contributed by atoms with Gasteiger partial charge in [0.05, 0.1) is 12.7 Å². The quantitative estimate of drug-likeness (QED) is 0.798. The lowest BCUT2D eigenvalue weighted by atomic mass is 9.99. The number of aryl methyl sites for hydroxylation is 2. The van der Waals surface area contributed by atoms with Crippen molar-refractivity contribution in [1.82, 2.24) is 0 Å². The topological polar surface area (TPSA) is 26.3 Å². The molecule has 104 valence electrons. The Balaban J connectivity index is 2.20. The fraction of sp³-hybridized carbons (Fsp3) is 0.188. The molecule has 4 heteroatoms. The fourth-order valence-electron chi connectivity index (χ4n) is 2.05. The zero-order valence-corrected chi connectivity index (χ0v) is 11.0. The van der Waals surface area contributed by atoms with Crippen LogP contribution in [0.15, 0.2) is 42.5 Å². The molecule has 0 spiro atoms. The maximum Gasteiger partial charge on any atom is 0.338 e. The molecule has 0 aliphatic rings. The smallest absolute Gasteiger partial charge is 0.338 e. The van der Waals surface area contributed by atoms with Gasteiger partial charge in [0.2, 0.25) is 0 Å². The third kappa shape index (κ3) is 3.41. The van der Waals surface area contributed by atoms with E-state index < -0.39 is 11.8 Å². The Bertz CT molecular complexity index is 624. The van der Waals surface area contributed by atoms with Crippen molar-refractivity contribution in [1.29, 1.82) is 0 Å². The van der Waals surface area contributed by atoms with E-state index in [1.807, 2.05) is 0 Å². The Hall–Kier alpha value is -2.23. The first-order valence-corrected chi connectivity index (χ1v) is 6.21. The van der Waals surface area contributed by atoms with Crippen LogP contribution in [-0.4, -0.2) is 13.1 Å². The molecule has 2 aromatic carbocycles. The molecule has 0 saturated heterocycles. The number of methoxy groups -OCH3 is 1. The summed E-state index contributed by atoms with van der Waals surface area (Å²) in [5, 5.41) is 0. The normalized spacial score (nSPS) is 10.3. The summed E-state index contributed by atoms with van der Waals surface area (Å²) < 4.78 is 31.0. The third-order valence-corrected chi connectivity index (χ3v) is 3.04. The molecular formula is C16H14F2O2. The molecule has 2 aromatic rings. The van der Waals surface area contributed by atoms with Crippen LogP contribution in [0.5, 0.6) is 0 Å². The summed E-state index contributed by atoms with van der Waals surface area (Å²) in [4.78, 5) is 11.6. The first-order chi connectivity index (χ1) is 9.60. The molecule has 0 saturated carbocycles. The SMILES string of the molecule is COC(=O)c1ccc(F)cc1CCc1cccc(F)c1. The number of hydrogen-bond donors (Lipinski definition) is 0. The van der Waals surface area contributed by atoms with E-state index >= 15 is 0 Å². The van der Waals surface area contributed by atoms with Crippen LogP contribution < -0.4 is 0 Å². The van der Waals surface area contributed by atoms with Crippen molar-refractivity contribution in [3.05, 3.63) is 70.8 Å². The second-order valence-electron chi connectivity index (χ2n) is 4.42. The Labute approximate surface area is 116 Å². The van der Waals surface area contributed by atoms with Crippen molar-refractivity contribution in [3.63, 3.8) is 0 Å². The minimum absolute atomic E-state index is 0.310. The van der Waals surface area contributed by atoms with Gasteiger partial charge in [0.25, 0.3) is 0 Å². The van der Waals surface area contributed by atoms with Gasteiger partial charge in [-0.1, -0.05) is 12.1 Å². The molecule has 0 amide bonds. The second-order valence-corrected chi connectivity index (χ2v) is 4.42. The number of carbonyl (C=O) groups excluding carboxylic acids is 1. The average molecular weight is 276 g/mol. The number of esters is 1. The third-order valence-electron chi connectivity index (χ3n) is 3.04. The lowest BCUT2D eigenvalue weighted by molar-refractivity contribution is 0.0599. The van der Waals surface area contributed by atoms with Crippen LogP contribution in [0.25, 0.3) is 0 Å². The molecule has 0 heterocycles. The van der Waals surface area contributed by atoms with Crippen molar-refractivity contribution < 1.29 is 18.3 Å². The maximum absolute atomic E-state index is 13.3. The Morgan fingerprint density at radius 1 is 1.05 bits per heavy atom. The van der Waals surface area contributed by atoms with E-state index in [2.05, 4.69) is 4.74 Å². The van der Waals surface area contributed by atoms with Gasteiger partial charge in [0.1, 0.15) is 11.6 Å². The van der Waals surface area contributed by atoms with Gasteiger partial charge in [0.15, 0.2) is 0 Å². The number of benzene rings is 2. The fourth-order valence-corrected chi connectivity index (χ4v) is 2.05. The van der Waals surface area contributed by atoms with Crippen LogP contribution in [0.1, 0.15) is 21.5 Å². The summed E-state index contributed by atoms with van der Waals surface area (Å²) in [6.07, 6.45) is 0.955. The molecule has 20 heavy (non-hydrogen) atoms. The largest absolute Gasteiger partial charge is 0.465 e. The van der Waals surface area contributed by atoms with Gasteiger partial charge >= 0.3 is 5.97 Å². The zero-order chi connectivity index (χ0) is 14.5. The molecule has 0 N–H and O–H groups in total. The predicted molar refractivity (Wildman–Crippen MR) is 71.5 cm³/mol. The predicted octanol–water partition coefficient (Wildman–Crippen LogP) is 3.54. The Kier molecular flexibility index (Phi) is 4.45.